The van der Waals surface area contributed by atoms with Crippen LogP contribution >= 0.6 is 0 Å². The molecule has 3 aromatic rings. The largest absolute Gasteiger partial charge is 0.507 e. The number of carbonyl (C=O) groups is 2. The van der Waals surface area contributed by atoms with Crippen LogP contribution in [0.4, 0.5) is 10.5 Å². The molecular weight excluding hydrogens is 346 g/mol. The molecule has 0 aromatic heterocycles. The summed E-state index contributed by atoms with van der Waals surface area (Å²) < 4.78 is 5.33. The summed E-state index contributed by atoms with van der Waals surface area (Å²) in [4.78, 5) is 24.4. The zero-order chi connectivity index (χ0) is 19.2. The van der Waals surface area contributed by atoms with Crippen LogP contribution in [0.25, 0.3) is 10.8 Å². The standard InChI is InChI=1S/C20H19N3O4/c1-2-27-15-10-8-14(9-11-15)21-20(26)23-22-19(25)18-16-6-4-3-5-13(16)7-12-17(18)24/h3-12,24H,2H2,1H3,(H,22,25)(H2,21,23,26). The first-order valence-electron chi connectivity index (χ1n) is 8.39. The zero-order valence-electron chi connectivity index (χ0n) is 14.7. The maximum atomic E-state index is 12.4. The van der Waals surface area contributed by atoms with Gasteiger partial charge in [-0.25, -0.2) is 10.2 Å². The number of hydrogen-bond donors (Lipinski definition) is 4. The van der Waals surface area contributed by atoms with Crippen molar-refractivity contribution in [3.63, 3.8) is 0 Å². The van der Waals surface area contributed by atoms with Gasteiger partial charge in [-0.05, 0) is 48.0 Å². The van der Waals surface area contributed by atoms with Crippen molar-refractivity contribution in [3.05, 3.63) is 66.2 Å². The molecule has 3 rings (SSSR count). The van der Waals surface area contributed by atoms with Crippen LogP contribution < -0.4 is 20.9 Å². The zero-order valence-corrected chi connectivity index (χ0v) is 14.7. The number of hydrogen-bond acceptors (Lipinski definition) is 4. The van der Waals surface area contributed by atoms with E-state index in [2.05, 4.69) is 16.2 Å². The number of rotatable bonds is 4. The summed E-state index contributed by atoms with van der Waals surface area (Å²) in [6, 6.07) is 16.5. The first-order valence-corrected chi connectivity index (χ1v) is 8.39. The van der Waals surface area contributed by atoms with E-state index in [1.807, 2.05) is 19.1 Å². The molecule has 0 saturated carbocycles. The predicted octanol–water partition coefficient (Wildman–Crippen LogP) is 3.41. The number of phenolic OH excluding ortho intramolecular Hbond substituents is 1. The van der Waals surface area contributed by atoms with Crippen molar-refractivity contribution in [3.8, 4) is 11.5 Å². The molecule has 0 aliphatic carbocycles. The molecule has 0 saturated heterocycles. The molecule has 0 unspecified atom stereocenters. The predicted molar refractivity (Wildman–Crippen MR) is 103 cm³/mol. The Morgan fingerprint density at radius 2 is 1.70 bits per heavy atom. The Kier molecular flexibility index (Phi) is 5.41. The van der Waals surface area contributed by atoms with E-state index in [1.165, 1.54) is 6.07 Å². The van der Waals surface area contributed by atoms with Crippen LogP contribution in [0, 0.1) is 0 Å². The first kappa shape index (κ1) is 18.1. The summed E-state index contributed by atoms with van der Waals surface area (Å²) in [6.45, 7) is 2.44. The van der Waals surface area contributed by atoms with Gasteiger partial charge in [-0.2, -0.15) is 0 Å². The molecule has 7 nitrogen and oxygen atoms in total. The Balaban J connectivity index is 1.64. The molecule has 7 heteroatoms. The van der Waals surface area contributed by atoms with E-state index in [4.69, 9.17) is 4.74 Å². The van der Waals surface area contributed by atoms with E-state index in [1.54, 1.807) is 42.5 Å². The Bertz CT molecular complexity index is 971. The van der Waals surface area contributed by atoms with Crippen molar-refractivity contribution in [1.82, 2.24) is 10.9 Å². The Hall–Kier alpha value is -3.74. The Labute approximate surface area is 155 Å². The number of urea groups is 1. The van der Waals surface area contributed by atoms with Gasteiger partial charge in [-0.15, -0.1) is 0 Å². The van der Waals surface area contributed by atoms with E-state index < -0.39 is 11.9 Å². The van der Waals surface area contributed by atoms with Crippen LogP contribution in [0.15, 0.2) is 60.7 Å². The second kappa shape index (κ2) is 8.09. The van der Waals surface area contributed by atoms with Crippen LogP contribution in [0.1, 0.15) is 17.3 Å². The van der Waals surface area contributed by atoms with Crippen LogP contribution in [0.5, 0.6) is 11.5 Å². The number of benzene rings is 3. The van der Waals surface area contributed by atoms with Gasteiger partial charge in [-0.1, -0.05) is 30.3 Å². The fraction of sp³-hybridized carbons (Fsp3) is 0.100. The van der Waals surface area contributed by atoms with E-state index in [9.17, 15) is 14.7 Å². The van der Waals surface area contributed by atoms with Crippen LogP contribution in [0.3, 0.4) is 0 Å². The fourth-order valence-electron chi connectivity index (χ4n) is 2.64. The number of phenols is 1. The minimum absolute atomic E-state index is 0.0921. The lowest BCUT2D eigenvalue weighted by Crippen LogP contribution is -2.44. The third kappa shape index (κ3) is 4.27. The number of ether oxygens (including phenoxy) is 1. The molecule has 0 bridgehead atoms. The Morgan fingerprint density at radius 1 is 0.963 bits per heavy atom. The van der Waals surface area contributed by atoms with E-state index in [-0.39, 0.29) is 11.3 Å². The Morgan fingerprint density at radius 3 is 2.44 bits per heavy atom. The average Bonchev–Trinajstić information content (AvgIpc) is 2.68. The number of carbonyl (C=O) groups excluding carboxylic acids is 2. The summed E-state index contributed by atoms with van der Waals surface area (Å²) in [5.74, 6) is -0.0887. The smallest absolute Gasteiger partial charge is 0.337 e. The molecule has 0 aliphatic rings. The van der Waals surface area contributed by atoms with Crippen molar-refractivity contribution in [2.75, 3.05) is 11.9 Å². The third-order valence-electron chi connectivity index (χ3n) is 3.85. The minimum Gasteiger partial charge on any atom is -0.507 e. The van der Waals surface area contributed by atoms with Gasteiger partial charge in [0.25, 0.3) is 5.91 Å². The lowest BCUT2D eigenvalue weighted by Gasteiger charge is -2.12. The van der Waals surface area contributed by atoms with E-state index in [0.29, 0.717) is 23.4 Å². The number of nitrogens with one attached hydrogen (secondary N) is 3. The molecule has 0 radical (unpaired) electrons. The molecule has 0 fully saturated rings. The lowest BCUT2D eigenvalue weighted by molar-refractivity contribution is 0.0937. The summed E-state index contributed by atoms with van der Waals surface area (Å²) in [5, 5.41) is 14.0. The highest BCUT2D eigenvalue weighted by Gasteiger charge is 2.15. The van der Waals surface area contributed by atoms with Crippen molar-refractivity contribution < 1.29 is 19.4 Å². The van der Waals surface area contributed by atoms with Gasteiger partial charge in [0.1, 0.15) is 11.5 Å². The summed E-state index contributed by atoms with van der Waals surface area (Å²) in [5.41, 5.74) is 5.20. The van der Waals surface area contributed by atoms with Gasteiger partial charge in [0.05, 0.1) is 12.2 Å². The summed E-state index contributed by atoms with van der Waals surface area (Å²) in [7, 11) is 0. The molecule has 3 aromatic carbocycles. The molecule has 3 amide bonds. The highest BCUT2D eigenvalue weighted by Crippen LogP contribution is 2.26. The third-order valence-corrected chi connectivity index (χ3v) is 3.85. The normalized spacial score (nSPS) is 10.3. The van der Waals surface area contributed by atoms with Gasteiger partial charge in [0, 0.05) is 5.69 Å². The fourth-order valence-corrected chi connectivity index (χ4v) is 2.64. The highest BCUT2D eigenvalue weighted by atomic mass is 16.5. The van der Waals surface area contributed by atoms with Gasteiger partial charge in [-0.3, -0.25) is 10.2 Å². The first-order chi connectivity index (χ1) is 13.1. The van der Waals surface area contributed by atoms with Crippen molar-refractivity contribution in [2.45, 2.75) is 6.92 Å². The monoisotopic (exact) mass is 365 g/mol. The van der Waals surface area contributed by atoms with Gasteiger partial charge in [0.2, 0.25) is 0 Å². The van der Waals surface area contributed by atoms with E-state index >= 15 is 0 Å². The van der Waals surface area contributed by atoms with Gasteiger partial charge >= 0.3 is 6.03 Å². The molecule has 4 N–H and O–H groups in total. The molecule has 0 aliphatic heterocycles. The van der Waals surface area contributed by atoms with Crippen molar-refractivity contribution in [1.29, 1.82) is 0 Å². The number of amides is 3. The number of aromatic hydroxyl groups is 1. The summed E-state index contributed by atoms with van der Waals surface area (Å²) >= 11 is 0. The van der Waals surface area contributed by atoms with Gasteiger partial charge in [0.15, 0.2) is 0 Å². The quantitative estimate of drug-likeness (QED) is 0.532. The number of hydrazine groups is 1. The second-order valence-corrected chi connectivity index (χ2v) is 5.67. The molecule has 0 spiro atoms. The molecule has 138 valence electrons. The molecular formula is C20H19N3O4. The minimum atomic E-state index is -0.619. The number of fused-ring (bicyclic) bond motifs is 1. The lowest BCUT2D eigenvalue weighted by atomic mass is 10.0. The molecule has 0 heterocycles. The molecule has 0 atom stereocenters. The summed E-state index contributed by atoms with van der Waals surface area (Å²) in [6.07, 6.45) is 0. The van der Waals surface area contributed by atoms with Gasteiger partial charge < -0.3 is 15.2 Å². The second-order valence-electron chi connectivity index (χ2n) is 5.67. The van der Waals surface area contributed by atoms with Crippen LogP contribution in [-0.4, -0.2) is 23.7 Å². The maximum Gasteiger partial charge on any atom is 0.337 e. The SMILES string of the molecule is CCOc1ccc(NC(=O)NNC(=O)c2c(O)ccc3ccccc23)cc1. The van der Waals surface area contributed by atoms with E-state index in [0.717, 1.165) is 5.39 Å². The van der Waals surface area contributed by atoms with Crippen molar-refractivity contribution in [2.24, 2.45) is 0 Å². The maximum absolute atomic E-state index is 12.4. The molecule has 27 heavy (non-hydrogen) atoms. The van der Waals surface area contributed by atoms with Crippen molar-refractivity contribution >= 4 is 28.4 Å². The number of anilines is 1. The van der Waals surface area contributed by atoms with Crippen LogP contribution in [0.2, 0.25) is 0 Å². The van der Waals surface area contributed by atoms with Crippen LogP contribution in [-0.2, 0) is 0 Å². The average molecular weight is 365 g/mol. The topological polar surface area (TPSA) is 99.7 Å². The highest BCUT2D eigenvalue weighted by molar-refractivity contribution is 6.09.